The van der Waals surface area contributed by atoms with E-state index in [1.807, 2.05) is 0 Å². The monoisotopic (exact) mass is 400 g/mol. The largest absolute Gasteiger partial charge is 2.00 e. The fourth-order valence-electron chi connectivity index (χ4n) is 0.655. The summed E-state index contributed by atoms with van der Waals surface area (Å²) in [5.41, 5.74) is 0.512. The molecular weight excluding hydrogens is 364 g/mol. The van der Waals surface area contributed by atoms with Crippen molar-refractivity contribution in [2.75, 3.05) is 0 Å². The van der Waals surface area contributed by atoms with Crippen molar-refractivity contribution in [3.05, 3.63) is 13.8 Å². The van der Waals surface area contributed by atoms with Gasteiger partial charge in [-0.25, -0.2) is 0 Å². The van der Waals surface area contributed by atoms with Crippen molar-refractivity contribution in [2.24, 2.45) is 11.3 Å². The van der Waals surface area contributed by atoms with E-state index >= 15 is 0 Å². The molecule has 0 N–H and O–H groups in total. The second-order valence-corrected chi connectivity index (χ2v) is 5.20. The molecule has 1 heteroatoms. The molecule has 0 aliphatic rings. The van der Waals surface area contributed by atoms with Gasteiger partial charge in [0.2, 0.25) is 0 Å². The Bertz CT molecular complexity index is 90.1. The summed E-state index contributed by atoms with van der Waals surface area (Å²) < 4.78 is 0. The van der Waals surface area contributed by atoms with E-state index in [1.165, 1.54) is 12.8 Å². The zero-order valence-corrected chi connectivity index (χ0v) is 13.7. The van der Waals surface area contributed by atoms with Crippen LogP contribution in [0.5, 0.6) is 0 Å². The molecule has 16 heavy (non-hydrogen) atoms. The first-order valence-corrected chi connectivity index (χ1v) is 5.42. The standard InChI is InChI=1S/C8H17.C5H11.2CH4.W/c1-5-6-7-8(2,3)4;1-4-5(2)3;;;/h1,5-7H2,2-4H3;5H,1,4H2,2-3H3;2*1H4;/q2*-1;;;+2. The third-order valence-electron chi connectivity index (χ3n) is 1.75. The van der Waals surface area contributed by atoms with Crippen molar-refractivity contribution in [1.29, 1.82) is 0 Å². The molecule has 0 nitrogen and oxygen atoms in total. The minimum absolute atomic E-state index is 0. The summed E-state index contributed by atoms with van der Waals surface area (Å²) in [5, 5.41) is 0. The second kappa shape index (κ2) is 18.1. The van der Waals surface area contributed by atoms with Crippen molar-refractivity contribution < 1.29 is 21.1 Å². The second-order valence-electron chi connectivity index (χ2n) is 5.20. The Morgan fingerprint density at radius 3 is 1.38 bits per heavy atom. The van der Waals surface area contributed by atoms with E-state index in [-0.39, 0.29) is 35.9 Å². The van der Waals surface area contributed by atoms with Gasteiger partial charge < -0.3 is 13.8 Å². The van der Waals surface area contributed by atoms with Gasteiger partial charge >= 0.3 is 21.1 Å². The Balaban J connectivity index is -0.0000000454. The summed E-state index contributed by atoms with van der Waals surface area (Å²) in [7, 11) is 0. The number of unbranched alkanes of at least 4 members (excludes halogenated alkanes) is 1. The molecule has 0 aromatic heterocycles. The van der Waals surface area contributed by atoms with Gasteiger partial charge in [0, 0.05) is 0 Å². The molecule has 0 fully saturated rings. The van der Waals surface area contributed by atoms with E-state index < -0.39 is 0 Å². The number of rotatable bonds is 3. The molecule has 0 aromatic rings. The van der Waals surface area contributed by atoms with Gasteiger partial charge in [-0.05, 0) is 5.41 Å². The fraction of sp³-hybridized carbons (Fsp3) is 0.867. The Labute approximate surface area is 121 Å². The molecule has 0 aromatic carbocycles. The molecule has 102 valence electrons. The number of hydrogen-bond donors (Lipinski definition) is 0. The van der Waals surface area contributed by atoms with Crippen LogP contribution >= 0.6 is 0 Å². The maximum atomic E-state index is 3.79. The zero-order valence-electron chi connectivity index (χ0n) is 10.7. The van der Waals surface area contributed by atoms with Crippen molar-refractivity contribution in [3.63, 3.8) is 0 Å². The number of hydrogen-bond acceptors (Lipinski definition) is 0. The molecule has 0 amide bonds. The first kappa shape index (κ1) is 30.1. The predicted molar refractivity (Wildman–Crippen MR) is 76.9 cm³/mol. The van der Waals surface area contributed by atoms with Crippen LogP contribution in [-0.4, -0.2) is 0 Å². The van der Waals surface area contributed by atoms with Crippen molar-refractivity contribution in [2.45, 2.75) is 75.2 Å². The summed E-state index contributed by atoms with van der Waals surface area (Å²) in [4.78, 5) is 0. The maximum absolute atomic E-state index is 3.79. The summed E-state index contributed by atoms with van der Waals surface area (Å²) >= 11 is 0. The van der Waals surface area contributed by atoms with Gasteiger partial charge in [-0.15, -0.1) is 0 Å². The first-order chi connectivity index (χ1) is 5.83. The van der Waals surface area contributed by atoms with Crippen LogP contribution in [0, 0.1) is 25.2 Å². The molecule has 0 heterocycles. The van der Waals surface area contributed by atoms with Crippen LogP contribution in [-0.2, 0) is 21.1 Å². The van der Waals surface area contributed by atoms with Gasteiger partial charge in [0.15, 0.2) is 0 Å². The van der Waals surface area contributed by atoms with Gasteiger partial charge in [0.1, 0.15) is 0 Å². The molecule has 0 unspecified atom stereocenters. The van der Waals surface area contributed by atoms with E-state index in [0.717, 1.165) is 18.8 Å². The van der Waals surface area contributed by atoms with Gasteiger partial charge in [0.05, 0.1) is 0 Å². The molecular formula is C15H36W. The summed E-state index contributed by atoms with van der Waals surface area (Å²) in [6.45, 7) is 18.6. The fourth-order valence-corrected chi connectivity index (χ4v) is 0.655. The van der Waals surface area contributed by atoms with Crippen LogP contribution in [0.1, 0.15) is 75.2 Å². The molecule has 0 rings (SSSR count). The quantitative estimate of drug-likeness (QED) is 0.497. The smallest absolute Gasteiger partial charge is 0.343 e. The van der Waals surface area contributed by atoms with Crippen molar-refractivity contribution in [3.8, 4) is 0 Å². The van der Waals surface area contributed by atoms with Crippen LogP contribution in [0.25, 0.3) is 0 Å². The Kier molecular flexibility index (Phi) is 33.9. The molecule has 0 saturated heterocycles. The van der Waals surface area contributed by atoms with Crippen molar-refractivity contribution in [1.82, 2.24) is 0 Å². The van der Waals surface area contributed by atoms with Crippen LogP contribution in [0.2, 0.25) is 0 Å². The minimum atomic E-state index is 0. The molecule has 0 aliphatic heterocycles. The molecule has 0 atom stereocenters. The molecule has 0 saturated carbocycles. The van der Waals surface area contributed by atoms with E-state index in [0.29, 0.717) is 5.41 Å². The third-order valence-corrected chi connectivity index (χ3v) is 1.75. The van der Waals surface area contributed by atoms with Gasteiger partial charge in [0.25, 0.3) is 0 Å². The predicted octanol–water partition coefficient (Wildman–Crippen LogP) is 6.17. The van der Waals surface area contributed by atoms with Gasteiger partial charge in [-0.1, -0.05) is 68.2 Å². The molecule has 0 radical (unpaired) electrons. The summed E-state index contributed by atoms with van der Waals surface area (Å²) in [6, 6.07) is 0. The van der Waals surface area contributed by atoms with Gasteiger partial charge in [-0.3, -0.25) is 0 Å². The summed E-state index contributed by atoms with van der Waals surface area (Å²) in [5.74, 6) is 0.773. The van der Waals surface area contributed by atoms with E-state index in [1.54, 1.807) is 0 Å². The van der Waals surface area contributed by atoms with Crippen LogP contribution in [0.15, 0.2) is 0 Å². The third kappa shape index (κ3) is 46.6. The first-order valence-electron chi connectivity index (χ1n) is 5.42. The average molecular weight is 400 g/mol. The average Bonchev–Trinajstić information content (AvgIpc) is 2.00. The van der Waals surface area contributed by atoms with E-state index in [2.05, 4.69) is 48.5 Å². The zero-order chi connectivity index (χ0) is 10.9. The van der Waals surface area contributed by atoms with E-state index in [9.17, 15) is 0 Å². The van der Waals surface area contributed by atoms with Crippen LogP contribution < -0.4 is 0 Å². The maximum Gasteiger partial charge on any atom is 2.00 e. The normalized spacial score (nSPS) is 9.00. The van der Waals surface area contributed by atoms with Crippen LogP contribution in [0.4, 0.5) is 0 Å². The SMILES string of the molecule is C.C.[CH2-]CC(C)C.[CH2-]CCCC(C)(C)C.[W+2]. The van der Waals surface area contributed by atoms with Crippen LogP contribution in [0.3, 0.4) is 0 Å². The van der Waals surface area contributed by atoms with Gasteiger partial charge in [-0.2, -0.15) is 12.8 Å². The molecule has 0 spiro atoms. The minimum Gasteiger partial charge on any atom is -0.343 e. The Morgan fingerprint density at radius 2 is 1.31 bits per heavy atom. The Hall–Kier alpha value is 0.688. The Morgan fingerprint density at radius 1 is 1.00 bits per heavy atom. The van der Waals surface area contributed by atoms with E-state index in [4.69, 9.17) is 0 Å². The molecule has 0 aliphatic carbocycles. The topological polar surface area (TPSA) is 0 Å². The molecule has 0 bridgehead atoms. The van der Waals surface area contributed by atoms with Crippen molar-refractivity contribution >= 4 is 0 Å². The summed E-state index contributed by atoms with van der Waals surface area (Å²) in [6.07, 6.45) is 4.71.